The van der Waals surface area contributed by atoms with Gasteiger partial charge >= 0.3 is 0 Å². The van der Waals surface area contributed by atoms with Gasteiger partial charge in [0.05, 0.1) is 0 Å². The SMILES string of the molecule is CN1C=CC(CN)C=C1Cc1ccccc1. The minimum absolute atomic E-state index is 0.384. The number of benzene rings is 1. The molecule has 1 aliphatic heterocycles. The molecule has 2 N–H and O–H groups in total. The zero-order chi connectivity index (χ0) is 11.4. The number of likely N-dealkylation sites (N-methyl/N-ethyl adjacent to an activating group) is 1. The molecule has 0 aromatic heterocycles. The summed E-state index contributed by atoms with van der Waals surface area (Å²) in [5.74, 6) is 0.384. The lowest BCUT2D eigenvalue weighted by Gasteiger charge is -2.25. The largest absolute Gasteiger partial charge is 0.355 e. The lowest BCUT2D eigenvalue weighted by atomic mass is 10.0. The second kappa shape index (κ2) is 4.99. The number of allylic oxidation sites excluding steroid dienone is 1. The van der Waals surface area contributed by atoms with E-state index in [9.17, 15) is 0 Å². The second-order valence-electron chi connectivity index (χ2n) is 4.17. The fourth-order valence-electron chi connectivity index (χ4n) is 1.89. The van der Waals surface area contributed by atoms with Gasteiger partial charge in [0, 0.05) is 37.8 Å². The first-order valence-corrected chi connectivity index (χ1v) is 5.65. The molecule has 1 unspecified atom stereocenters. The number of nitrogens with zero attached hydrogens (tertiary/aromatic N) is 1. The summed E-state index contributed by atoms with van der Waals surface area (Å²) in [5.41, 5.74) is 8.35. The molecule has 0 saturated carbocycles. The van der Waals surface area contributed by atoms with E-state index in [0.717, 1.165) is 6.42 Å². The number of nitrogens with two attached hydrogens (primary N) is 1. The molecule has 2 heteroatoms. The van der Waals surface area contributed by atoms with Crippen LogP contribution in [0.1, 0.15) is 5.56 Å². The molecular formula is C14H18N2. The molecule has 0 spiro atoms. The number of rotatable bonds is 3. The van der Waals surface area contributed by atoms with E-state index >= 15 is 0 Å². The molecule has 2 rings (SSSR count). The van der Waals surface area contributed by atoms with Crippen molar-refractivity contribution >= 4 is 0 Å². The van der Waals surface area contributed by atoms with Crippen molar-refractivity contribution < 1.29 is 0 Å². The highest BCUT2D eigenvalue weighted by Gasteiger charge is 2.11. The molecule has 0 fully saturated rings. The summed E-state index contributed by atoms with van der Waals surface area (Å²) in [7, 11) is 2.08. The lowest BCUT2D eigenvalue weighted by Crippen LogP contribution is -2.21. The molecular weight excluding hydrogens is 196 g/mol. The summed E-state index contributed by atoms with van der Waals surface area (Å²) < 4.78 is 0. The molecule has 0 amide bonds. The van der Waals surface area contributed by atoms with Crippen LogP contribution in [0.15, 0.2) is 54.4 Å². The van der Waals surface area contributed by atoms with Crippen LogP contribution in [0, 0.1) is 5.92 Å². The van der Waals surface area contributed by atoms with Gasteiger partial charge in [-0.15, -0.1) is 0 Å². The third kappa shape index (κ3) is 2.52. The zero-order valence-electron chi connectivity index (χ0n) is 9.63. The van der Waals surface area contributed by atoms with E-state index < -0.39 is 0 Å². The molecule has 1 aromatic rings. The van der Waals surface area contributed by atoms with E-state index in [1.807, 2.05) is 6.07 Å². The van der Waals surface area contributed by atoms with E-state index in [2.05, 4.69) is 54.6 Å². The second-order valence-corrected chi connectivity index (χ2v) is 4.17. The Balaban J connectivity index is 2.12. The highest BCUT2D eigenvalue weighted by atomic mass is 15.1. The molecule has 1 aliphatic rings. The van der Waals surface area contributed by atoms with Gasteiger partial charge in [0.1, 0.15) is 0 Å². The Kier molecular flexibility index (Phi) is 3.42. The summed E-state index contributed by atoms with van der Waals surface area (Å²) in [5, 5.41) is 0. The third-order valence-electron chi connectivity index (χ3n) is 2.92. The van der Waals surface area contributed by atoms with Crippen molar-refractivity contribution in [3.63, 3.8) is 0 Å². The highest BCUT2D eigenvalue weighted by Crippen LogP contribution is 2.18. The Morgan fingerprint density at radius 2 is 2.00 bits per heavy atom. The monoisotopic (exact) mass is 214 g/mol. The molecule has 0 aliphatic carbocycles. The van der Waals surface area contributed by atoms with Crippen molar-refractivity contribution in [2.75, 3.05) is 13.6 Å². The highest BCUT2D eigenvalue weighted by molar-refractivity contribution is 5.25. The summed E-state index contributed by atoms with van der Waals surface area (Å²) in [6, 6.07) is 10.5. The molecule has 0 bridgehead atoms. The quantitative estimate of drug-likeness (QED) is 0.835. The predicted octanol–water partition coefficient (Wildman–Crippen LogP) is 2.15. The van der Waals surface area contributed by atoms with Gasteiger partial charge in [-0.1, -0.05) is 42.5 Å². The fraction of sp³-hybridized carbons (Fsp3) is 0.286. The maximum absolute atomic E-state index is 5.69. The van der Waals surface area contributed by atoms with Crippen LogP contribution in [-0.2, 0) is 6.42 Å². The van der Waals surface area contributed by atoms with Crippen LogP contribution in [-0.4, -0.2) is 18.5 Å². The van der Waals surface area contributed by atoms with Gasteiger partial charge in [-0.3, -0.25) is 0 Å². The Hall–Kier alpha value is -1.54. The molecule has 0 saturated heterocycles. The first-order chi connectivity index (χ1) is 7.79. The minimum Gasteiger partial charge on any atom is -0.355 e. The van der Waals surface area contributed by atoms with E-state index in [4.69, 9.17) is 5.73 Å². The fourth-order valence-corrected chi connectivity index (χ4v) is 1.89. The average molecular weight is 214 g/mol. The molecule has 1 aromatic carbocycles. The van der Waals surface area contributed by atoms with Crippen molar-refractivity contribution in [3.8, 4) is 0 Å². The number of hydrogen-bond donors (Lipinski definition) is 1. The van der Waals surface area contributed by atoms with Crippen LogP contribution >= 0.6 is 0 Å². The van der Waals surface area contributed by atoms with Crippen molar-refractivity contribution in [1.29, 1.82) is 0 Å². The van der Waals surface area contributed by atoms with Crippen molar-refractivity contribution in [2.24, 2.45) is 11.7 Å². The van der Waals surface area contributed by atoms with Crippen molar-refractivity contribution in [2.45, 2.75) is 6.42 Å². The molecule has 1 atom stereocenters. The predicted molar refractivity (Wildman–Crippen MR) is 67.7 cm³/mol. The average Bonchev–Trinajstić information content (AvgIpc) is 2.33. The standard InChI is InChI=1S/C14H18N2/c1-16-8-7-13(11-15)10-14(16)9-12-5-3-2-4-6-12/h2-8,10,13H,9,11,15H2,1H3. The Labute approximate surface area is 97.1 Å². The summed E-state index contributed by atoms with van der Waals surface area (Å²) in [6.07, 6.45) is 7.48. The van der Waals surface area contributed by atoms with Gasteiger partial charge in [0.2, 0.25) is 0 Å². The summed E-state index contributed by atoms with van der Waals surface area (Å²) >= 11 is 0. The van der Waals surface area contributed by atoms with Gasteiger partial charge in [0.25, 0.3) is 0 Å². The van der Waals surface area contributed by atoms with Gasteiger partial charge in [0.15, 0.2) is 0 Å². The molecule has 0 radical (unpaired) electrons. The molecule has 16 heavy (non-hydrogen) atoms. The van der Waals surface area contributed by atoms with Crippen LogP contribution in [0.4, 0.5) is 0 Å². The first-order valence-electron chi connectivity index (χ1n) is 5.65. The van der Waals surface area contributed by atoms with Gasteiger partial charge in [-0.2, -0.15) is 0 Å². The number of hydrogen-bond acceptors (Lipinski definition) is 2. The van der Waals surface area contributed by atoms with Crippen LogP contribution in [0.25, 0.3) is 0 Å². The third-order valence-corrected chi connectivity index (χ3v) is 2.92. The summed E-state index contributed by atoms with van der Waals surface area (Å²) in [6.45, 7) is 0.683. The van der Waals surface area contributed by atoms with Gasteiger partial charge in [-0.25, -0.2) is 0 Å². The van der Waals surface area contributed by atoms with E-state index in [1.54, 1.807) is 0 Å². The van der Waals surface area contributed by atoms with Gasteiger partial charge < -0.3 is 10.6 Å². The van der Waals surface area contributed by atoms with Gasteiger partial charge in [-0.05, 0) is 5.56 Å². The Bertz CT molecular complexity index is 392. The van der Waals surface area contributed by atoms with Crippen molar-refractivity contribution in [1.82, 2.24) is 4.90 Å². The van der Waals surface area contributed by atoms with Crippen LogP contribution < -0.4 is 5.73 Å². The van der Waals surface area contributed by atoms with E-state index in [0.29, 0.717) is 12.5 Å². The molecule has 2 nitrogen and oxygen atoms in total. The topological polar surface area (TPSA) is 29.3 Å². The van der Waals surface area contributed by atoms with E-state index in [-0.39, 0.29) is 0 Å². The maximum Gasteiger partial charge on any atom is 0.0181 e. The summed E-state index contributed by atoms with van der Waals surface area (Å²) in [4.78, 5) is 2.17. The smallest absolute Gasteiger partial charge is 0.0181 e. The van der Waals surface area contributed by atoms with Crippen LogP contribution in [0.5, 0.6) is 0 Å². The van der Waals surface area contributed by atoms with Crippen LogP contribution in [0.3, 0.4) is 0 Å². The molecule has 1 heterocycles. The van der Waals surface area contributed by atoms with E-state index in [1.165, 1.54) is 11.3 Å². The molecule has 84 valence electrons. The van der Waals surface area contributed by atoms with Crippen molar-refractivity contribution in [3.05, 3.63) is 59.9 Å². The first kappa shape index (κ1) is 11.0. The normalized spacial score (nSPS) is 19.8. The lowest BCUT2D eigenvalue weighted by molar-refractivity contribution is 0.520. The minimum atomic E-state index is 0.384. The van der Waals surface area contributed by atoms with Crippen LogP contribution in [0.2, 0.25) is 0 Å². The Morgan fingerprint density at radius 1 is 1.25 bits per heavy atom. The maximum atomic E-state index is 5.69. The zero-order valence-corrected chi connectivity index (χ0v) is 9.63. The Morgan fingerprint density at radius 3 is 2.69 bits per heavy atom.